The largest absolute Gasteiger partial charge is 0.496 e. The molecule has 0 aliphatic heterocycles. The van der Waals surface area contributed by atoms with Gasteiger partial charge in [-0.15, -0.1) is 0 Å². The molecule has 5 nitrogen and oxygen atoms in total. The van der Waals surface area contributed by atoms with Crippen LogP contribution in [0.1, 0.15) is 24.2 Å². The maximum absolute atomic E-state index is 5.70. The Bertz CT molecular complexity index is 555. The maximum Gasteiger partial charge on any atom is 0.133 e. The number of nitrogens with one attached hydrogen (secondary N) is 1. The van der Waals surface area contributed by atoms with Gasteiger partial charge in [0.15, 0.2) is 0 Å². The summed E-state index contributed by atoms with van der Waals surface area (Å²) in [5.74, 6) is 6.50. The molecule has 0 saturated heterocycles. The minimum absolute atomic E-state index is 0.107. The van der Waals surface area contributed by atoms with Crippen molar-refractivity contribution >= 4 is 15.9 Å². The highest BCUT2D eigenvalue weighted by atomic mass is 79.9. The van der Waals surface area contributed by atoms with Crippen molar-refractivity contribution in [1.82, 2.24) is 15.2 Å². The summed E-state index contributed by atoms with van der Waals surface area (Å²) in [4.78, 5) is 0. The third-order valence-corrected chi connectivity index (χ3v) is 3.64. The van der Waals surface area contributed by atoms with E-state index in [1.807, 2.05) is 35.9 Å². The first-order chi connectivity index (χ1) is 9.21. The van der Waals surface area contributed by atoms with Gasteiger partial charge in [-0.1, -0.05) is 6.07 Å². The lowest BCUT2D eigenvalue weighted by Crippen LogP contribution is -2.30. The summed E-state index contributed by atoms with van der Waals surface area (Å²) in [5.41, 5.74) is 4.91. The van der Waals surface area contributed by atoms with Gasteiger partial charge in [-0.2, -0.15) is 5.10 Å². The second kappa shape index (κ2) is 6.18. The van der Waals surface area contributed by atoms with E-state index in [2.05, 4.69) is 26.5 Å². The number of nitrogens with zero attached hydrogens (tertiary/aromatic N) is 2. The number of ether oxygens (including phenoxy) is 1. The topological polar surface area (TPSA) is 65.1 Å². The van der Waals surface area contributed by atoms with Crippen molar-refractivity contribution in [3.63, 3.8) is 0 Å². The van der Waals surface area contributed by atoms with Crippen molar-refractivity contribution < 1.29 is 4.74 Å². The molecule has 1 atom stereocenters. The standard InChI is InChI=1S/C13H17BrN4O/c1-3-18-11(6-7-16-18)13(17-15)9-4-5-12(19-2)10(14)8-9/h4-8,13,17H,3,15H2,1-2H3. The van der Waals surface area contributed by atoms with Crippen LogP contribution in [0, 0.1) is 0 Å². The summed E-state index contributed by atoms with van der Waals surface area (Å²) >= 11 is 3.49. The first-order valence-electron chi connectivity index (χ1n) is 6.02. The highest BCUT2D eigenvalue weighted by Gasteiger charge is 2.17. The van der Waals surface area contributed by atoms with Gasteiger partial charge in [0, 0.05) is 12.7 Å². The molecule has 0 aliphatic rings. The van der Waals surface area contributed by atoms with Gasteiger partial charge in [0.1, 0.15) is 5.75 Å². The van der Waals surface area contributed by atoms with Crippen molar-refractivity contribution in [1.29, 1.82) is 0 Å². The second-order valence-electron chi connectivity index (χ2n) is 4.07. The fraction of sp³-hybridized carbons (Fsp3) is 0.308. The number of hydrazine groups is 1. The molecule has 6 heteroatoms. The van der Waals surface area contributed by atoms with Crippen molar-refractivity contribution in [2.75, 3.05) is 7.11 Å². The highest BCUT2D eigenvalue weighted by molar-refractivity contribution is 9.10. The Kier molecular flexibility index (Phi) is 4.57. The van der Waals surface area contributed by atoms with Crippen LogP contribution in [-0.4, -0.2) is 16.9 Å². The Labute approximate surface area is 120 Å². The van der Waals surface area contributed by atoms with E-state index in [0.717, 1.165) is 28.0 Å². The van der Waals surface area contributed by atoms with Crippen molar-refractivity contribution in [2.45, 2.75) is 19.5 Å². The Morgan fingerprint density at radius 2 is 2.26 bits per heavy atom. The normalized spacial score (nSPS) is 12.4. The predicted molar refractivity (Wildman–Crippen MR) is 77.8 cm³/mol. The molecule has 0 fully saturated rings. The van der Waals surface area contributed by atoms with Crippen LogP contribution in [0.2, 0.25) is 0 Å². The molecule has 0 aliphatic carbocycles. The third-order valence-electron chi connectivity index (χ3n) is 3.02. The number of hydrogen-bond donors (Lipinski definition) is 2. The molecule has 19 heavy (non-hydrogen) atoms. The van der Waals surface area contributed by atoms with Crippen LogP contribution < -0.4 is 16.0 Å². The fourth-order valence-electron chi connectivity index (χ4n) is 2.07. The SMILES string of the molecule is CCn1nccc1C(NN)c1ccc(OC)c(Br)c1. The quantitative estimate of drug-likeness (QED) is 0.654. The van der Waals surface area contributed by atoms with E-state index in [-0.39, 0.29) is 6.04 Å². The molecule has 0 bridgehead atoms. The summed E-state index contributed by atoms with van der Waals surface area (Å²) in [6.45, 7) is 2.85. The van der Waals surface area contributed by atoms with Gasteiger partial charge in [-0.05, 0) is 46.6 Å². The van der Waals surface area contributed by atoms with Gasteiger partial charge in [-0.3, -0.25) is 10.5 Å². The van der Waals surface area contributed by atoms with Gasteiger partial charge in [-0.25, -0.2) is 5.43 Å². The smallest absolute Gasteiger partial charge is 0.133 e. The summed E-state index contributed by atoms with van der Waals surface area (Å²) in [5, 5.41) is 4.27. The number of hydrogen-bond acceptors (Lipinski definition) is 4. The Balaban J connectivity index is 2.40. The van der Waals surface area contributed by atoms with Gasteiger partial charge >= 0.3 is 0 Å². The molecular weight excluding hydrogens is 308 g/mol. The zero-order valence-electron chi connectivity index (χ0n) is 10.9. The summed E-state index contributed by atoms with van der Waals surface area (Å²) in [7, 11) is 1.64. The molecule has 1 aromatic carbocycles. The number of methoxy groups -OCH3 is 1. The molecule has 1 unspecified atom stereocenters. The molecule has 0 saturated carbocycles. The molecule has 0 spiro atoms. The highest BCUT2D eigenvalue weighted by Crippen LogP contribution is 2.30. The average molecular weight is 325 g/mol. The Morgan fingerprint density at radius 3 is 2.84 bits per heavy atom. The molecular formula is C13H17BrN4O. The van der Waals surface area contributed by atoms with Crippen molar-refractivity contribution in [3.8, 4) is 5.75 Å². The average Bonchev–Trinajstić information content (AvgIpc) is 2.88. The lowest BCUT2D eigenvalue weighted by Gasteiger charge is -2.18. The Morgan fingerprint density at radius 1 is 1.47 bits per heavy atom. The van der Waals surface area contributed by atoms with Gasteiger partial charge < -0.3 is 4.74 Å². The van der Waals surface area contributed by atoms with E-state index in [0.29, 0.717) is 0 Å². The maximum atomic E-state index is 5.70. The number of aromatic nitrogens is 2. The van der Waals surface area contributed by atoms with Crippen molar-refractivity contribution in [2.24, 2.45) is 5.84 Å². The van der Waals surface area contributed by atoms with Crippen molar-refractivity contribution in [3.05, 3.63) is 46.2 Å². The molecule has 0 amide bonds. The van der Waals surface area contributed by atoms with Crippen LogP contribution in [0.25, 0.3) is 0 Å². The minimum atomic E-state index is -0.107. The fourth-order valence-corrected chi connectivity index (χ4v) is 2.63. The number of rotatable bonds is 5. The summed E-state index contributed by atoms with van der Waals surface area (Å²) in [6.07, 6.45) is 1.78. The summed E-state index contributed by atoms with van der Waals surface area (Å²) in [6, 6.07) is 7.75. The molecule has 1 aromatic heterocycles. The molecule has 0 radical (unpaired) electrons. The van der Waals surface area contributed by atoms with E-state index < -0.39 is 0 Å². The van der Waals surface area contributed by atoms with Gasteiger partial charge in [0.25, 0.3) is 0 Å². The predicted octanol–water partition coefficient (Wildman–Crippen LogP) is 2.23. The monoisotopic (exact) mass is 324 g/mol. The zero-order valence-corrected chi connectivity index (χ0v) is 12.5. The Hall–Kier alpha value is -1.37. The van der Waals surface area contributed by atoms with Gasteiger partial charge in [0.2, 0.25) is 0 Å². The van der Waals surface area contributed by atoms with Crippen LogP contribution in [-0.2, 0) is 6.54 Å². The van der Waals surface area contributed by atoms with E-state index >= 15 is 0 Å². The number of aryl methyl sites for hydroxylation is 1. The molecule has 2 rings (SSSR count). The van der Waals surface area contributed by atoms with E-state index in [4.69, 9.17) is 10.6 Å². The molecule has 1 heterocycles. The number of halogens is 1. The third kappa shape index (κ3) is 2.80. The van der Waals surface area contributed by atoms with E-state index in [1.165, 1.54) is 0 Å². The molecule has 102 valence electrons. The second-order valence-corrected chi connectivity index (χ2v) is 4.92. The lowest BCUT2D eigenvalue weighted by atomic mass is 10.0. The molecule has 2 aromatic rings. The first-order valence-corrected chi connectivity index (χ1v) is 6.81. The van der Waals surface area contributed by atoms with Crippen LogP contribution in [0.3, 0.4) is 0 Å². The number of nitrogens with two attached hydrogens (primary N) is 1. The minimum Gasteiger partial charge on any atom is -0.496 e. The molecule has 3 N–H and O–H groups in total. The van der Waals surface area contributed by atoms with Gasteiger partial charge in [0.05, 0.1) is 23.3 Å². The van der Waals surface area contributed by atoms with Crippen LogP contribution in [0.15, 0.2) is 34.9 Å². The van der Waals surface area contributed by atoms with E-state index in [1.54, 1.807) is 13.3 Å². The van der Waals surface area contributed by atoms with Crippen LogP contribution >= 0.6 is 15.9 Å². The summed E-state index contributed by atoms with van der Waals surface area (Å²) < 4.78 is 8.05. The number of benzene rings is 1. The first kappa shape index (κ1) is 14.0. The van der Waals surface area contributed by atoms with Crippen LogP contribution in [0.4, 0.5) is 0 Å². The lowest BCUT2D eigenvalue weighted by molar-refractivity contribution is 0.411. The van der Waals surface area contributed by atoms with Crippen LogP contribution in [0.5, 0.6) is 5.75 Å². The van der Waals surface area contributed by atoms with E-state index in [9.17, 15) is 0 Å². The zero-order chi connectivity index (χ0) is 13.8.